The molecule has 70 valence electrons. The van der Waals surface area contributed by atoms with Gasteiger partial charge in [0.2, 0.25) is 0 Å². The average molecular weight is 168 g/mol. The summed E-state index contributed by atoms with van der Waals surface area (Å²) in [6.45, 7) is 0.446. The molecule has 0 saturated heterocycles. The molecular formula is C11H20O. The minimum atomic E-state index is 0.446. The van der Waals surface area contributed by atoms with E-state index in [0.717, 1.165) is 11.8 Å². The molecule has 0 heterocycles. The van der Waals surface area contributed by atoms with Crippen LogP contribution >= 0.6 is 0 Å². The van der Waals surface area contributed by atoms with Gasteiger partial charge in [-0.3, -0.25) is 0 Å². The standard InChI is InChI=1S/C11H20O/c12-8-10-6-3-5-9-4-1-2-7-11(9)10/h9-12H,1-8H2. The van der Waals surface area contributed by atoms with Crippen LogP contribution < -0.4 is 0 Å². The van der Waals surface area contributed by atoms with Gasteiger partial charge in [0, 0.05) is 6.61 Å². The first-order valence-corrected chi connectivity index (χ1v) is 5.52. The van der Waals surface area contributed by atoms with Crippen molar-refractivity contribution in [2.45, 2.75) is 44.9 Å². The lowest BCUT2D eigenvalue weighted by Gasteiger charge is -2.40. The van der Waals surface area contributed by atoms with Crippen molar-refractivity contribution in [2.75, 3.05) is 6.61 Å². The molecule has 2 rings (SSSR count). The number of hydrogen-bond donors (Lipinski definition) is 1. The van der Waals surface area contributed by atoms with E-state index in [1.165, 1.54) is 44.9 Å². The minimum Gasteiger partial charge on any atom is -0.396 e. The van der Waals surface area contributed by atoms with Crippen LogP contribution in [-0.4, -0.2) is 11.7 Å². The van der Waals surface area contributed by atoms with Gasteiger partial charge in [0.25, 0.3) is 0 Å². The SMILES string of the molecule is OCC1CCCC2CCCCC12. The number of rotatable bonds is 1. The normalized spacial score (nSPS) is 42.2. The van der Waals surface area contributed by atoms with E-state index in [1.54, 1.807) is 0 Å². The van der Waals surface area contributed by atoms with Gasteiger partial charge in [-0.05, 0) is 30.6 Å². The lowest BCUT2D eigenvalue weighted by molar-refractivity contribution is 0.0602. The highest BCUT2D eigenvalue weighted by molar-refractivity contribution is 4.84. The van der Waals surface area contributed by atoms with Crippen molar-refractivity contribution < 1.29 is 5.11 Å². The molecule has 1 heteroatoms. The first-order valence-electron chi connectivity index (χ1n) is 5.52. The highest BCUT2D eigenvalue weighted by Crippen LogP contribution is 2.43. The number of aliphatic hydroxyl groups excluding tert-OH is 1. The summed E-state index contributed by atoms with van der Waals surface area (Å²) >= 11 is 0. The van der Waals surface area contributed by atoms with Crippen LogP contribution in [0.15, 0.2) is 0 Å². The Morgan fingerprint density at radius 3 is 2.50 bits per heavy atom. The summed E-state index contributed by atoms with van der Waals surface area (Å²) in [5, 5.41) is 9.23. The van der Waals surface area contributed by atoms with Gasteiger partial charge in [0.05, 0.1) is 0 Å². The zero-order valence-corrected chi connectivity index (χ0v) is 7.84. The molecular weight excluding hydrogens is 148 g/mol. The van der Waals surface area contributed by atoms with E-state index in [2.05, 4.69) is 0 Å². The summed E-state index contributed by atoms with van der Waals surface area (Å²) in [4.78, 5) is 0. The molecule has 0 bridgehead atoms. The van der Waals surface area contributed by atoms with Gasteiger partial charge in [-0.2, -0.15) is 0 Å². The molecule has 2 aliphatic carbocycles. The van der Waals surface area contributed by atoms with E-state index in [9.17, 15) is 5.11 Å². The summed E-state index contributed by atoms with van der Waals surface area (Å²) < 4.78 is 0. The summed E-state index contributed by atoms with van der Waals surface area (Å²) in [7, 11) is 0. The molecule has 0 aliphatic heterocycles. The molecule has 2 saturated carbocycles. The Labute approximate surface area is 75.2 Å². The second kappa shape index (κ2) is 3.78. The molecule has 0 radical (unpaired) electrons. The first kappa shape index (κ1) is 8.55. The lowest BCUT2D eigenvalue weighted by atomic mass is 9.66. The van der Waals surface area contributed by atoms with Crippen molar-refractivity contribution in [1.29, 1.82) is 0 Å². The van der Waals surface area contributed by atoms with Gasteiger partial charge in [0.1, 0.15) is 0 Å². The van der Waals surface area contributed by atoms with Gasteiger partial charge in [-0.15, -0.1) is 0 Å². The molecule has 0 aromatic heterocycles. The van der Waals surface area contributed by atoms with Crippen LogP contribution in [0.1, 0.15) is 44.9 Å². The Morgan fingerprint density at radius 2 is 1.67 bits per heavy atom. The fourth-order valence-electron chi connectivity index (χ4n) is 3.30. The van der Waals surface area contributed by atoms with Crippen molar-refractivity contribution in [2.24, 2.45) is 17.8 Å². The third-order valence-electron chi connectivity index (χ3n) is 3.96. The molecule has 0 aromatic rings. The summed E-state index contributed by atoms with van der Waals surface area (Å²) in [6, 6.07) is 0. The van der Waals surface area contributed by atoms with Crippen LogP contribution in [-0.2, 0) is 0 Å². The maximum atomic E-state index is 9.23. The highest BCUT2D eigenvalue weighted by Gasteiger charge is 2.33. The van der Waals surface area contributed by atoms with Crippen LogP contribution in [0.4, 0.5) is 0 Å². The van der Waals surface area contributed by atoms with Crippen molar-refractivity contribution in [3.63, 3.8) is 0 Å². The first-order chi connectivity index (χ1) is 5.92. The van der Waals surface area contributed by atoms with Crippen molar-refractivity contribution >= 4 is 0 Å². The molecule has 1 N–H and O–H groups in total. The van der Waals surface area contributed by atoms with E-state index in [0.29, 0.717) is 12.5 Å². The predicted octanol–water partition coefficient (Wildman–Crippen LogP) is 2.59. The van der Waals surface area contributed by atoms with Crippen LogP contribution in [0.5, 0.6) is 0 Å². The van der Waals surface area contributed by atoms with Gasteiger partial charge in [-0.25, -0.2) is 0 Å². The molecule has 1 nitrogen and oxygen atoms in total. The minimum absolute atomic E-state index is 0.446. The molecule has 3 atom stereocenters. The lowest BCUT2D eigenvalue weighted by Crippen LogP contribution is -2.32. The van der Waals surface area contributed by atoms with E-state index in [4.69, 9.17) is 0 Å². The molecule has 3 unspecified atom stereocenters. The smallest absolute Gasteiger partial charge is 0.0462 e. The zero-order valence-electron chi connectivity index (χ0n) is 7.84. The van der Waals surface area contributed by atoms with Crippen LogP contribution in [0.3, 0.4) is 0 Å². The number of hydrogen-bond acceptors (Lipinski definition) is 1. The highest BCUT2D eigenvalue weighted by atomic mass is 16.3. The molecule has 2 aliphatic rings. The molecule has 12 heavy (non-hydrogen) atoms. The third kappa shape index (κ3) is 1.52. The molecule has 0 amide bonds. The second-order valence-corrected chi connectivity index (χ2v) is 4.58. The second-order valence-electron chi connectivity index (χ2n) is 4.58. The monoisotopic (exact) mass is 168 g/mol. The maximum absolute atomic E-state index is 9.23. The Hall–Kier alpha value is -0.0400. The maximum Gasteiger partial charge on any atom is 0.0462 e. The van der Waals surface area contributed by atoms with Gasteiger partial charge < -0.3 is 5.11 Å². The largest absolute Gasteiger partial charge is 0.396 e. The molecule has 2 fully saturated rings. The summed E-state index contributed by atoms with van der Waals surface area (Å²) in [5.41, 5.74) is 0. The fraction of sp³-hybridized carbons (Fsp3) is 1.00. The Kier molecular flexibility index (Phi) is 2.69. The number of fused-ring (bicyclic) bond motifs is 1. The number of aliphatic hydroxyl groups is 1. The van der Waals surface area contributed by atoms with E-state index in [-0.39, 0.29) is 0 Å². The molecule has 0 aromatic carbocycles. The Bertz CT molecular complexity index is 135. The Morgan fingerprint density at radius 1 is 0.917 bits per heavy atom. The van der Waals surface area contributed by atoms with Crippen LogP contribution in [0.2, 0.25) is 0 Å². The third-order valence-corrected chi connectivity index (χ3v) is 3.96. The van der Waals surface area contributed by atoms with Crippen LogP contribution in [0, 0.1) is 17.8 Å². The predicted molar refractivity (Wildman–Crippen MR) is 49.9 cm³/mol. The van der Waals surface area contributed by atoms with Crippen molar-refractivity contribution in [3.8, 4) is 0 Å². The van der Waals surface area contributed by atoms with E-state index in [1.807, 2.05) is 0 Å². The summed E-state index contributed by atoms with van der Waals surface area (Å²) in [5.74, 6) is 2.52. The van der Waals surface area contributed by atoms with Gasteiger partial charge in [-0.1, -0.05) is 32.1 Å². The van der Waals surface area contributed by atoms with E-state index >= 15 is 0 Å². The topological polar surface area (TPSA) is 20.2 Å². The van der Waals surface area contributed by atoms with E-state index < -0.39 is 0 Å². The average Bonchev–Trinajstić information content (AvgIpc) is 2.17. The Balaban J connectivity index is 1.99. The quantitative estimate of drug-likeness (QED) is 0.638. The summed E-state index contributed by atoms with van der Waals surface area (Å²) in [6.07, 6.45) is 9.80. The molecule has 0 spiro atoms. The van der Waals surface area contributed by atoms with Gasteiger partial charge >= 0.3 is 0 Å². The van der Waals surface area contributed by atoms with Crippen LogP contribution in [0.25, 0.3) is 0 Å². The van der Waals surface area contributed by atoms with Crippen molar-refractivity contribution in [3.05, 3.63) is 0 Å². The fourth-order valence-corrected chi connectivity index (χ4v) is 3.30. The van der Waals surface area contributed by atoms with Crippen molar-refractivity contribution in [1.82, 2.24) is 0 Å². The van der Waals surface area contributed by atoms with Gasteiger partial charge in [0.15, 0.2) is 0 Å². The zero-order chi connectivity index (χ0) is 8.39.